The van der Waals surface area contributed by atoms with Gasteiger partial charge >= 0.3 is 12.1 Å². The molecule has 0 aromatic heterocycles. The molecule has 0 unspecified atom stereocenters. The molecule has 7 nitrogen and oxygen atoms in total. The maximum Gasteiger partial charge on any atom is 0.416 e. The number of sulfonamides is 1. The lowest BCUT2D eigenvalue weighted by Gasteiger charge is -2.54. The van der Waals surface area contributed by atoms with E-state index in [4.69, 9.17) is 4.74 Å². The summed E-state index contributed by atoms with van der Waals surface area (Å²) in [5.41, 5.74) is -1.63. The van der Waals surface area contributed by atoms with Gasteiger partial charge in [0.1, 0.15) is 5.75 Å². The van der Waals surface area contributed by atoms with Crippen LogP contribution in [0.15, 0.2) is 51.8 Å². The summed E-state index contributed by atoms with van der Waals surface area (Å²) < 4.78 is 79.3. The fourth-order valence-corrected chi connectivity index (χ4v) is 6.14. The Morgan fingerprint density at radius 3 is 2.59 bits per heavy atom. The highest BCUT2D eigenvalue weighted by Crippen LogP contribution is 2.44. The minimum absolute atomic E-state index is 0.0530. The zero-order chi connectivity index (χ0) is 24.7. The number of nitrogens with zero attached hydrogens (tertiary/aromatic N) is 2. The van der Waals surface area contributed by atoms with Gasteiger partial charge in [0.15, 0.2) is 5.60 Å². The predicted molar refractivity (Wildman–Crippen MR) is 121 cm³/mol. The number of fused-ring (bicyclic) bond motifs is 1. The number of benzene rings is 2. The van der Waals surface area contributed by atoms with Crippen molar-refractivity contribution < 1.29 is 35.9 Å². The van der Waals surface area contributed by atoms with Crippen molar-refractivity contribution in [2.45, 2.75) is 29.5 Å². The van der Waals surface area contributed by atoms with E-state index in [0.717, 1.165) is 22.5 Å². The Morgan fingerprint density at radius 1 is 1.18 bits per heavy atom. The summed E-state index contributed by atoms with van der Waals surface area (Å²) in [7, 11) is -2.99. The van der Waals surface area contributed by atoms with Crippen LogP contribution >= 0.6 is 15.9 Å². The second kappa shape index (κ2) is 9.04. The molecule has 0 aliphatic carbocycles. The lowest BCUT2D eigenvalue weighted by Crippen LogP contribution is -2.71. The predicted octanol–water partition coefficient (Wildman–Crippen LogP) is 4.06. The normalized spacial score (nSPS) is 17.6. The minimum atomic E-state index is -4.67. The Hall–Kier alpha value is -2.31. The summed E-state index contributed by atoms with van der Waals surface area (Å²) in [6, 6.07) is 8.64. The summed E-state index contributed by atoms with van der Waals surface area (Å²) in [6.07, 6.45) is -3.82. The van der Waals surface area contributed by atoms with Gasteiger partial charge in [-0.05, 0) is 49.4 Å². The molecule has 34 heavy (non-hydrogen) atoms. The van der Waals surface area contributed by atoms with Crippen LogP contribution < -0.4 is 9.04 Å². The van der Waals surface area contributed by atoms with Gasteiger partial charge in [0.05, 0.1) is 29.8 Å². The molecule has 4 rings (SSSR count). The van der Waals surface area contributed by atoms with Crippen molar-refractivity contribution in [3.05, 3.63) is 52.5 Å². The number of anilines is 1. The van der Waals surface area contributed by atoms with Crippen molar-refractivity contribution in [3.8, 4) is 5.75 Å². The molecule has 0 N–H and O–H groups in total. The summed E-state index contributed by atoms with van der Waals surface area (Å²) in [4.78, 5) is 12.9. The van der Waals surface area contributed by atoms with E-state index in [2.05, 4.69) is 20.7 Å². The number of carbonyl (C=O) groups excluding carboxylic acids is 1. The van der Waals surface area contributed by atoms with Crippen molar-refractivity contribution >= 4 is 37.6 Å². The molecule has 2 aromatic carbocycles. The second-order valence-corrected chi connectivity index (χ2v) is 11.1. The molecule has 12 heteroatoms. The smallest absolute Gasteiger partial charge is 0.416 e. The third-order valence-electron chi connectivity index (χ3n) is 5.80. The van der Waals surface area contributed by atoms with Crippen LogP contribution in [0.2, 0.25) is 0 Å². The van der Waals surface area contributed by atoms with Crippen LogP contribution in [0.25, 0.3) is 0 Å². The number of hydrogen-bond donors (Lipinski definition) is 0. The SMILES string of the molecule is COC(=O)CCCN1CC2(C1)CN(S(=O)(=O)c1cccc(C(F)(F)F)c1)c1cc(Br)ccc1O2. The molecule has 2 aliphatic heterocycles. The second-order valence-electron chi connectivity index (χ2n) is 8.32. The fourth-order valence-electron chi connectivity index (χ4n) is 4.20. The molecule has 0 atom stereocenters. The molecule has 1 saturated heterocycles. The van der Waals surface area contributed by atoms with Crippen LogP contribution in [0.1, 0.15) is 18.4 Å². The zero-order valence-corrected chi connectivity index (χ0v) is 20.5. The number of carbonyl (C=O) groups is 1. The standard InChI is InChI=1S/C22H22BrF3N2O5S/c1-32-20(29)6-3-9-27-12-21(13-27)14-28(18-11-16(23)7-8-19(18)33-21)34(30,31)17-5-2-4-15(10-17)22(24,25)26/h2,4-5,7-8,10-11H,3,6,9,12-14H2,1H3. The van der Waals surface area contributed by atoms with E-state index in [-0.39, 0.29) is 24.6 Å². The van der Waals surface area contributed by atoms with Crippen molar-refractivity contribution in [1.82, 2.24) is 4.90 Å². The molecule has 0 radical (unpaired) electrons. The van der Waals surface area contributed by atoms with Gasteiger partial charge in [-0.1, -0.05) is 22.0 Å². The third-order valence-corrected chi connectivity index (χ3v) is 8.05. The van der Waals surface area contributed by atoms with Gasteiger partial charge in [0.25, 0.3) is 10.0 Å². The molecule has 0 amide bonds. The largest absolute Gasteiger partial charge is 0.480 e. The quantitative estimate of drug-likeness (QED) is 0.494. The van der Waals surface area contributed by atoms with E-state index in [1.165, 1.54) is 7.11 Å². The van der Waals surface area contributed by atoms with Gasteiger partial charge in [-0.2, -0.15) is 13.2 Å². The first-order chi connectivity index (χ1) is 15.9. The Balaban J connectivity index is 1.61. The average molecular weight is 563 g/mol. The number of halogens is 4. The Kier molecular flexibility index (Phi) is 6.60. The number of hydrogen-bond acceptors (Lipinski definition) is 6. The van der Waals surface area contributed by atoms with Crippen LogP contribution in [0, 0.1) is 0 Å². The van der Waals surface area contributed by atoms with Gasteiger partial charge < -0.3 is 9.47 Å². The molecule has 2 aliphatic rings. The number of methoxy groups -OCH3 is 1. The molecule has 1 spiro atoms. The monoisotopic (exact) mass is 562 g/mol. The summed E-state index contributed by atoms with van der Waals surface area (Å²) in [5, 5.41) is 0. The Labute approximate surface area is 203 Å². The lowest BCUT2D eigenvalue weighted by atomic mass is 9.91. The first kappa shape index (κ1) is 24.8. The third kappa shape index (κ3) is 4.89. The lowest BCUT2D eigenvalue weighted by molar-refractivity contribution is -0.141. The minimum Gasteiger partial charge on any atom is -0.480 e. The summed E-state index contributed by atoms with van der Waals surface area (Å²) >= 11 is 3.32. The van der Waals surface area contributed by atoms with Gasteiger partial charge in [-0.25, -0.2) is 8.42 Å². The highest BCUT2D eigenvalue weighted by molar-refractivity contribution is 9.10. The first-order valence-corrected chi connectivity index (χ1v) is 12.6. The van der Waals surface area contributed by atoms with Crippen LogP contribution in [0.5, 0.6) is 5.75 Å². The summed E-state index contributed by atoms with van der Waals surface area (Å²) in [5.74, 6) is 0.0289. The highest BCUT2D eigenvalue weighted by Gasteiger charge is 2.51. The summed E-state index contributed by atoms with van der Waals surface area (Å²) in [6.45, 7) is 1.38. The van der Waals surface area contributed by atoms with E-state index in [1.807, 2.05) is 4.90 Å². The molecule has 0 bridgehead atoms. The van der Waals surface area contributed by atoms with E-state index in [1.54, 1.807) is 18.2 Å². The topological polar surface area (TPSA) is 76.2 Å². The zero-order valence-electron chi connectivity index (χ0n) is 18.1. The van der Waals surface area contributed by atoms with Crippen LogP contribution in [0.4, 0.5) is 18.9 Å². The number of likely N-dealkylation sites (tertiary alicyclic amines) is 1. The Bertz CT molecular complexity index is 1200. The number of esters is 1. The molecule has 2 aromatic rings. The average Bonchev–Trinajstić information content (AvgIpc) is 2.77. The van der Waals surface area contributed by atoms with Gasteiger partial charge in [0.2, 0.25) is 0 Å². The van der Waals surface area contributed by atoms with E-state index in [0.29, 0.717) is 42.3 Å². The number of rotatable bonds is 6. The molecule has 1 fully saturated rings. The highest BCUT2D eigenvalue weighted by atomic mass is 79.9. The van der Waals surface area contributed by atoms with Crippen molar-refractivity contribution in [3.63, 3.8) is 0 Å². The number of alkyl halides is 3. The van der Waals surface area contributed by atoms with E-state index in [9.17, 15) is 26.4 Å². The van der Waals surface area contributed by atoms with Crippen LogP contribution in [0.3, 0.4) is 0 Å². The molecule has 0 saturated carbocycles. The Morgan fingerprint density at radius 2 is 1.91 bits per heavy atom. The van der Waals surface area contributed by atoms with Crippen molar-refractivity contribution in [2.75, 3.05) is 37.6 Å². The molecule has 2 heterocycles. The van der Waals surface area contributed by atoms with Gasteiger partial charge in [-0.15, -0.1) is 0 Å². The van der Waals surface area contributed by atoms with Crippen LogP contribution in [-0.2, 0) is 25.7 Å². The van der Waals surface area contributed by atoms with Gasteiger partial charge in [0, 0.05) is 24.0 Å². The first-order valence-electron chi connectivity index (χ1n) is 10.4. The maximum absolute atomic E-state index is 13.6. The van der Waals surface area contributed by atoms with Crippen LogP contribution in [-0.4, -0.2) is 58.2 Å². The van der Waals surface area contributed by atoms with Crippen molar-refractivity contribution in [2.24, 2.45) is 0 Å². The molecular formula is C22H22BrF3N2O5S. The number of ether oxygens (including phenoxy) is 2. The van der Waals surface area contributed by atoms with E-state index < -0.39 is 32.3 Å². The van der Waals surface area contributed by atoms with E-state index >= 15 is 0 Å². The molecule has 184 valence electrons. The fraction of sp³-hybridized carbons (Fsp3) is 0.409. The molecular weight excluding hydrogens is 541 g/mol. The van der Waals surface area contributed by atoms with Crippen molar-refractivity contribution in [1.29, 1.82) is 0 Å². The maximum atomic E-state index is 13.6. The van der Waals surface area contributed by atoms with Gasteiger partial charge in [-0.3, -0.25) is 14.0 Å².